The highest BCUT2D eigenvalue weighted by Gasteiger charge is 2.31. The molecule has 0 fully saturated rings. The number of cyclic esters (lactones) is 1. The number of hydrogen-bond acceptors (Lipinski definition) is 6. The standard InChI is InChI=1S/C17H16O6/c1-21-13-7-10(8-14(22-2)16(13)19)12-6-9-4-3-5-11(18)15(9)17(20)23-12/h3-5,7-8,12,18-19H,6H2,1-2H3. The van der Waals surface area contributed by atoms with Crippen molar-refractivity contribution in [2.45, 2.75) is 12.5 Å². The topological polar surface area (TPSA) is 85.2 Å². The molecule has 1 aliphatic heterocycles. The van der Waals surface area contributed by atoms with Gasteiger partial charge in [0.15, 0.2) is 11.5 Å². The Bertz CT molecular complexity index is 743. The van der Waals surface area contributed by atoms with Gasteiger partial charge in [-0.3, -0.25) is 0 Å². The van der Waals surface area contributed by atoms with Crippen molar-refractivity contribution in [2.24, 2.45) is 0 Å². The number of phenols is 2. The number of esters is 1. The predicted molar refractivity (Wildman–Crippen MR) is 81.2 cm³/mol. The molecule has 0 spiro atoms. The van der Waals surface area contributed by atoms with Crippen molar-refractivity contribution in [3.63, 3.8) is 0 Å². The monoisotopic (exact) mass is 316 g/mol. The third-order valence-electron chi connectivity index (χ3n) is 3.86. The van der Waals surface area contributed by atoms with E-state index in [9.17, 15) is 15.0 Å². The summed E-state index contributed by atoms with van der Waals surface area (Å²) in [7, 11) is 2.86. The zero-order valence-electron chi connectivity index (χ0n) is 12.7. The van der Waals surface area contributed by atoms with Crippen LogP contribution in [0.4, 0.5) is 0 Å². The van der Waals surface area contributed by atoms with E-state index in [0.717, 1.165) is 0 Å². The zero-order chi connectivity index (χ0) is 16.6. The van der Waals surface area contributed by atoms with Crippen LogP contribution in [0.5, 0.6) is 23.0 Å². The molecule has 1 aliphatic rings. The molecular weight excluding hydrogens is 300 g/mol. The molecule has 6 heteroatoms. The van der Waals surface area contributed by atoms with Gasteiger partial charge in [-0.2, -0.15) is 0 Å². The maximum absolute atomic E-state index is 12.2. The summed E-state index contributed by atoms with van der Waals surface area (Å²) >= 11 is 0. The van der Waals surface area contributed by atoms with E-state index < -0.39 is 12.1 Å². The molecule has 3 rings (SSSR count). The summed E-state index contributed by atoms with van der Waals surface area (Å²) in [6, 6.07) is 8.11. The number of methoxy groups -OCH3 is 2. The fourth-order valence-electron chi connectivity index (χ4n) is 2.71. The van der Waals surface area contributed by atoms with E-state index in [1.807, 2.05) is 0 Å². The molecule has 0 bridgehead atoms. The lowest BCUT2D eigenvalue weighted by atomic mass is 9.94. The van der Waals surface area contributed by atoms with Gasteiger partial charge in [0, 0.05) is 12.0 Å². The summed E-state index contributed by atoms with van der Waals surface area (Å²) in [6.07, 6.45) is -0.146. The van der Waals surface area contributed by atoms with Crippen molar-refractivity contribution < 1.29 is 29.2 Å². The van der Waals surface area contributed by atoms with Crippen LogP contribution in [0, 0.1) is 0 Å². The van der Waals surface area contributed by atoms with E-state index in [0.29, 0.717) is 17.5 Å². The molecule has 6 nitrogen and oxygen atoms in total. The lowest BCUT2D eigenvalue weighted by molar-refractivity contribution is 0.0247. The number of aromatic hydroxyl groups is 2. The number of hydrogen-bond donors (Lipinski definition) is 2. The smallest absolute Gasteiger partial charge is 0.342 e. The van der Waals surface area contributed by atoms with Crippen LogP contribution < -0.4 is 9.47 Å². The molecule has 0 saturated heterocycles. The predicted octanol–water partition coefficient (Wildman–Crippen LogP) is 2.57. The van der Waals surface area contributed by atoms with Crippen LogP contribution >= 0.6 is 0 Å². The number of benzene rings is 2. The third-order valence-corrected chi connectivity index (χ3v) is 3.86. The molecule has 0 aromatic heterocycles. The van der Waals surface area contributed by atoms with Crippen molar-refractivity contribution in [1.82, 2.24) is 0 Å². The average Bonchev–Trinajstić information content (AvgIpc) is 2.54. The van der Waals surface area contributed by atoms with Crippen LogP contribution in [-0.4, -0.2) is 30.4 Å². The SMILES string of the molecule is COc1cc(C2Cc3cccc(O)c3C(=O)O2)cc(OC)c1O. The minimum Gasteiger partial charge on any atom is -0.507 e. The van der Waals surface area contributed by atoms with E-state index in [2.05, 4.69) is 0 Å². The number of carbonyl (C=O) groups is 1. The fourth-order valence-corrected chi connectivity index (χ4v) is 2.71. The molecule has 2 aromatic rings. The highest BCUT2D eigenvalue weighted by molar-refractivity contribution is 5.95. The van der Waals surface area contributed by atoms with Crippen molar-refractivity contribution in [1.29, 1.82) is 0 Å². The first kappa shape index (κ1) is 15.0. The zero-order valence-corrected chi connectivity index (χ0v) is 12.7. The Kier molecular flexibility index (Phi) is 3.73. The third kappa shape index (κ3) is 2.52. The van der Waals surface area contributed by atoms with Crippen LogP contribution in [0.2, 0.25) is 0 Å². The second-order valence-corrected chi connectivity index (χ2v) is 5.18. The summed E-state index contributed by atoms with van der Waals surface area (Å²) in [5, 5.41) is 19.8. The Balaban J connectivity index is 2.03. The number of ether oxygens (including phenoxy) is 3. The highest BCUT2D eigenvalue weighted by atomic mass is 16.5. The molecule has 120 valence electrons. The highest BCUT2D eigenvalue weighted by Crippen LogP contribution is 2.42. The number of phenolic OH excluding ortho intramolecular Hbond substituents is 2. The van der Waals surface area contributed by atoms with E-state index in [-0.39, 0.29) is 28.6 Å². The molecule has 2 aromatic carbocycles. The minimum absolute atomic E-state index is 0.0909. The molecular formula is C17H16O6. The Labute approximate surface area is 132 Å². The first-order chi connectivity index (χ1) is 11.0. The molecule has 0 amide bonds. The van der Waals surface area contributed by atoms with Crippen LogP contribution in [0.1, 0.15) is 27.6 Å². The molecule has 23 heavy (non-hydrogen) atoms. The van der Waals surface area contributed by atoms with Gasteiger partial charge in [-0.05, 0) is 23.8 Å². The molecule has 1 unspecified atom stereocenters. The summed E-state index contributed by atoms with van der Waals surface area (Å²) in [5.41, 5.74) is 1.54. The van der Waals surface area contributed by atoms with Crippen molar-refractivity contribution in [3.05, 3.63) is 47.0 Å². The van der Waals surface area contributed by atoms with Crippen LogP contribution in [-0.2, 0) is 11.2 Å². The maximum atomic E-state index is 12.2. The van der Waals surface area contributed by atoms with Gasteiger partial charge in [0.05, 0.1) is 14.2 Å². The minimum atomic E-state index is -0.583. The summed E-state index contributed by atoms with van der Waals surface area (Å²) in [5.74, 6) is -0.319. The fraction of sp³-hybridized carbons (Fsp3) is 0.235. The van der Waals surface area contributed by atoms with E-state index in [4.69, 9.17) is 14.2 Å². The van der Waals surface area contributed by atoms with Crippen molar-refractivity contribution >= 4 is 5.97 Å². The van der Waals surface area contributed by atoms with Gasteiger partial charge in [-0.15, -0.1) is 0 Å². The average molecular weight is 316 g/mol. The van der Waals surface area contributed by atoms with E-state index in [1.54, 1.807) is 24.3 Å². The van der Waals surface area contributed by atoms with Gasteiger partial charge in [0.25, 0.3) is 0 Å². The Hall–Kier alpha value is -2.89. The lowest BCUT2D eigenvalue weighted by Crippen LogP contribution is -2.22. The van der Waals surface area contributed by atoms with E-state index >= 15 is 0 Å². The number of fused-ring (bicyclic) bond motifs is 1. The Morgan fingerprint density at radius 2 is 1.78 bits per heavy atom. The van der Waals surface area contributed by atoms with Gasteiger partial charge >= 0.3 is 5.97 Å². The first-order valence-corrected chi connectivity index (χ1v) is 7.02. The Morgan fingerprint density at radius 1 is 1.13 bits per heavy atom. The summed E-state index contributed by atoms with van der Waals surface area (Å²) in [6.45, 7) is 0. The van der Waals surface area contributed by atoms with Crippen LogP contribution in [0.3, 0.4) is 0 Å². The largest absolute Gasteiger partial charge is 0.507 e. The summed E-state index contributed by atoms with van der Waals surface area (Å²) < 4.78 is 15.7. The summed E-state index contributed by atoms with van der Waals surface area (Å²) in [4.78, 5) is 12.2. The van der Waals surface area contributed by atoms with Crippen LogP contribution in [0.15, 0.2) is 30.3 Å². The normalized spacial score (nSPS) is 16.4. The van der Waals surface area contributed by atoms with Gasteiger partial charge in [0.2, 0.25) is 5.75 Å². The van der Waals surface area contributed by atoms with Gasteiger partial charge in [0.1, 0.15) is 17.4 Å². The molecule has 1 atom stereocenters. The number of carbonyl (C=O) groups excluding carboxylic acids is 1. The van der Waals surface area contributed by atoms with Crippen molar-refractivity contribution in [2.75, 3.05) is 14.2 Å². The van der Waals surface area contributed by atoms with Crippen LogP contribution in [0.25, 0.3) is 0 Å². The lowest BCUT2D eigenvalue weighted by Gasteiger charge is -2.26. The molecule has 0 aliphatic carbocycles. The maximum Gasteiger partial charge on any atom is 0.342 e. The number of rotatable bonds is 3. The molecule has 2 N–H and O–H groups in total. The van der Waals surface area contributed by atoms with Gasteiger partial charge < -0.3 is 24.4 Å². The Morgan fingerprint density at radius 3 is 2.39 bits per heavy atom. The first-order valence-electron chi connectivity index (χ1n) is 7.02. The van der Waals surface area contributed by atoms with Gasteiger partial charge in [-0.1, -0.05) is 12.1 Å². The quantitative estimate of drug-likeness (QED) is 0.847. The van der Waals surface area contributed by atoms with Crippen molar-refractivity contribution in [3.8, 4) is 23.0 Å². The van der Waals surface area contributed by atoms with Gasteiger partial charge in [-0.25, -0.2) is 4.79 Å². The molecule has 0 radical (unpaired) electrons. The molecule has 0 saturated carbocycles. The second kappa shape index (κ2) is 5.72. The second-order valence-electron chi connectivity index (χ2n) is 5.18. The molecule has 1 heterocycles. The van der Waals surface area contributed by atoms with E-state index in [1.165, 1.54) is 20.3 Å².